The van der Waals surface area contributed by atoms with E-state index in [0.29, 0.717) is 5.92 Å². The van der Waals surface area contributed by atoms with Crippen molar-refractivity contribution in [3.8, 4) is 5.75 Å². The maximum atomic E-state index is 10.4. The number of aromatic hydroxyl groups is 1. The lowest BCUT2D eigenvalue weighted by molar-refractivity contribution is 0.0825. The molecule has 0 amide bonds. The van der Waals surface area contributed by atoms with Gasteiger partial charge in [-0.15, -0.1) is 0 Å². The lowest BCUT2D eigenvalue weighted by atomic mass is 9.82. The minimum Gasteiger partial charge on any atom is -0.507 e. The molecule has 1 aliphatic carbocycles. The highest BCUT2D eigenvalue weighted by Crippen LogP contribution is 2.38. The van der Waals surface area contributed by atoms with E-state index in [9.17, 15) is 10.2 Å². The third-order valence-electron chi connectivity index (χ3n) is 3.89. The van der Waals surface area contributed by atoms with Crippen LogP contribution in [0.4, 0.5) is 0 Å². The monoisotopic (exact) mass is 234 g/mol. The first-order chi connectivity index (χ1) is 8.09. The molecule has 0 saturated heterocycles. The normalized spacial score (nSPS) is 19.2. The Hall–Kier alpha value is -1.02. The summed E-state index contributed by atoms with van der Waals surface area (Å²) in [7, 11) is 0. The highest BCUT2D eigenvalue weighted by atomic mass is 16.3. The van der Waals surface area contributed by atoms with E-state index >= 15 is 0 Å². The van der Waals surface area contributed by atoms with Crippen LogP contribution in [0, 0.1) is 19.8 Å². The molecule has 1 aliphatic rings. The molecule has 0 radical (unpaired) electrons. The number of aliphatic hydroxyl groups excluding tert-OH is 1. The Balaban J connectivity index is 2.26. The van der Waals surface area contributed by atoms with Crippen LogP contribution in [0.3, 0.4) is 0 Å². The van der Waals surface area contributed by atoms with Gasteiger partial charge in [0.25, 0.3) is 0 Å². The summed E-state index contributed by atoms with van der Waals surface area (Å²) < 4.78 is 0. The van der Waals surface area contributed by atoms with Crippen LogP contribution in [0.25, 0.3) is 0 Å². The number of aliphatic hydroxyl groups is 1. The number of hydrogen-bond donors (Lipinski definition) is 2. The molecule has 0 aromatic heterocycles. The average molecular weight is 234 g/mol. The summed E-state index contributed by atoms with van der Waals surface area (Å²) in [5.74, 6) is 0.588. The molecule has 1 aromatic carbocycles. The Bertz CT molecular complexity index is 392. The van der Waals surface area contributed by atoms with Gasteiger partial charge in [0.1, 0.15) is 5.75 Å². The smallest absolute Gasteiger partial charge is 0.124 e. The topological polar surface area (TPSA) is 40.5 Å². The Kier molecular flexibility index (Phi) is 3.72. The molecule has 2 rings (SSSR count). The van der Waals surface area contributed by atoms with E-state index in [1.165, 1.54) is 19.3 Å². The van der Waals surface area contributed by atoms with Crippen LogP contribution < -0.4 is 0 Å². The second kappa shape index (κ2) is 5.09. The fourth-order valence-electron chi connectivity index (χ4n) is 2.92. The average Bonchev–Trinajstić information content (AvgIpc) is 2.34. The van der Waals surface area contributed by atoms with Gasteiger partial charge in [-0.1, -0.05) is 30.9 Å². The van der Waals surface area contributed by atoms with E-state index in [0.717, 1.165) is 29.5 Å². The number of hydrogen-bond acceptors (Lipinski definition) is 2. The lowest BCUT2D eigenvalue weighted by Gasteiger charge is -2.27. The molecule has 0 heterocycles. The van der Waals surface area contributed by atoms with Gasteiger partial charge in [0.2, 0.25) is 0 Å². The number of benzene rings is 1. The summed E-state index contributed by atoms with van der Waals surface area (Å²) in [6, 6.07) is 3.87. The van der Waals surface area contributed by atoms with Crippen LogP contribution in [0.15, 0.2) is 12.1 Å². The SMILES string of the molecule is Cc1cc(C)c(O)c([C@H](O)C2CCCCC2)c1. The van der Waals surface area contributed by atoms with Crippen molar-refractivity contribution in [1.82, 2.24) is 0 Å². The van der Waals surface area contributed by atoms with Crippen LogP contribution in [0.1, 0.15) is 54.9 Å². The Morgan fingerprint density at radius 2 is 1.76 bits per heavy atom. The molecule has 17 heavy (non-hydrogen) atoms. The standard InChI is InChI=1S/C15H22O2/c1-10-8-11(2)14(16)13(9-10)15(17)12-6-4-3-5-7-12/h8-9,12,15-17H,3-7H2,1-2H3/t15-/m1/s1. The van der Waals surface area contributed by atoms with Gasteiger partial charge < -0.3 is 10.2 Å². The molecule has 1 aromatic rings. The lowest BCUT2D eigenvalue weighted by Crippen LogP contribution is -2.16. The first-order valence-electron chi connectivity index (χ1n) is 6.58. The minimum atomic E-state index is -0.506. The Labute approximate surface area is 103 Å². The predicted octanol–water partition coefficient (Wildman–Crippen LogP) is 3.62. The fraction of sp³-hybridized carbons (Fsp3) is 0.600. The second-order valence-electron chi connectivity index (χ2n) is 5.36. The maximum Gasteiger partial charge on any atom is 0.124 e. The number of phenolic OH excluding ortho intramolecular Hbond substituents is 1. The molecular weight excluding hydrogens is 212 g/mol. The molecule has 1 fully saturated rings. The van der Waals surface area contributed by atoms with Crippen LogP contribution in [0.2, 0.25) is 0 Å². The molecule has 2 N–H and O–H groups in total. The van der Waals surface area contributed by atoms with Crippen molar-refractivity contribution in [2.45, 2.75) is 52.1 Å². The predicted molar refractivity (Wildman–Crippen MR) is 69.1 cm³/mol. The Morgan fingerprint density at radius 3 is 2.41 bits per heavy atom. The molecule has 1 saturated carbocycles. The fourth-order valence-corrected chi connectivity index (χ4v) is 2.92. The summed E-state index contributed by atoms with van der Waals surface area (Å²) in [5, 5.41) is 20.5. The van der Waals surface area contributed by atoms with Gasteiger partial charge in [0.15, 0.2) is 0 Å². The summed E-state index contributed by atoms with van der Waals surface area (Å²) >= 11 is 0. The molecule has 0 unspecified atom stereocenters. The van der Waals surface area contributed by atoms with Crippen molar-refractivity contribution in [3.63, 3.8) is 0 Å². The van der Waals surface area contributed by atoms with E-state index in [4.69, 9.17) is 0 Å². The van der Waals surface area contributed by atoms with Gasteiger partial charge in [-0.25, -0.2) is 0 Å². The highest BCUT2D eigenvalue weighted by molar-refractivity contribution is 5.44. The second-order valence-corrected chi connectivity index (χ2v) is 5.36. The zero-order valence-corrected chi connectivity index (χ0v) is 10.7. The third-order valence-corrected chi connectivity index (χ3v) is 3.89. The molecular formula is C15H22O2. The number of rotatable bonds is 2. The molecule has 0 aliphatic heterocycles. The van der Waals surface area contributed by atoms with Gasteiger partial charge >= 0.3 is 0 Å². The van der Waals surface area contributed by atoms with Gasteiger partial charge in [0, 0.05) is 5.56 Å². The first-order valence-corrected chi connectivity index (χ1v) is 6.58. The number of phenols is 1. The van der Waals surface area contributed by atoms with E-state index in [1.807, 2.05) is 26.0 Å². The zero-order chi connectivity index (χ0) is 12.4. The van der Waals surface area contributed by atoms with Crippen molar-refractivity contribution in [2.75, 3.05) is 0 Å². The zero-order valence-electron chi connectivity index (χ0n) is 10.7. The summed E-state index contributed by atoms with van der Waals surface area (Å²) in [4.78, 5) is 0. The highest BCUT2D eigenvalue weighted by Gasteiger charge is 2.25. The summed E-state index contributed by atoms with van der Waals surface area (Å²) in [6.07, 6.45) is 5.33. The van der Waals surface area contributed by atoms with Gasteiger partial charge in [-0.05, 0) is 44.2 Å². The molecule has 1 atom stereocenters. The first kappa shape index (κ1) is 12.4. The molecule has 0 bridgehead atoms. The van der Waals surface area contributed by atoms with Crippen LogP contribution in [0.5, 0.6) is 5.75 Å². The molecule has 94 valence electrons. The van der Waals surface area contributed by atoms with Crippen molar-refractivity contribution in [2.24, 2.45) is 5.92 Å². The van der Waals surface area contributed by atoms with Crippen LogP contribution >= 0.6 is 0 Å². The van der Waals surface area contributed by atoms with E-state index in [1.54, 1.807) is 0 Å². The van der Waals surface area contributed by atoms with E-state index in [-0.39, 0.29) is 5.75 Å². The Morgan fingerprint density at radius 1 is 1.12 bits per heavy atom. The third kappa shape index (κ3) is 2.63. The van der Waals surface area contributed by atoms with Gasteiger partial charge in [0.05, 0.1) is 6.10 Å². The number of aryl methyl sites for hydroxylation is 2. The molecule has 2 nitrogen and oxygen atoms in total. The van der Waals surface area contributed by atoms with Crippen molar-refractivity contribution in [1.29, 1.82) is 0 Å². The largest absolute Gasteiger partial charge is 0.507 e. The maximum absolute atomic E-state index is 10.4. The summed E-state index contributed by atoms with van der Waals surface area (Å²) in [5.41, 5.74) is 2.68. The molecule has 2 heteroatoms. The molecule has 0 spiro atoms. The van der Waals surface area contributed by atoms with Gasteiger partial charge in [-0.2, -0.15) is 0 Å². The minimum absolute atomic E-state index is 0.272. The van der Waals surface area contributed by atoms with Crippen molar-refractivity contribution < 1.29 is 10.2 Å². The van der Waals surface area contributed by atoms with Crippen LogP contribution in [-0.4, -0.2) is 10.2 Å². The quantitative estimate of drug-likeness (QED) is 0.820. The van der Waals surface area contributed by atoms with Crippen molar-refractivity contribution >= 4 is 0 Å². The van der Waals surface area contributed by atoms with Gasteiger partial charge in [-0.3, -0.25) is 0 Å². The van der Waals surface area contributed by atoms with E-state index < -0.39 is 6.10 Å². The van der Waals surface area contributed by atoms with E-state index in [2.05, 4.69) is 0 Å². The van der Waals surface area contributed by atoms with Crippen molar-refractivity contribution in [3.05, 3.63) is 28.8 Å². The van der Waals surface area contributed by atoms with Crippen LogP contribution in [-0.2, 0) is 0 Å². The summed E-state index contributed by atoms with van der Waals surface area (Å²) in [6.45, 7) is 3.89.